The molecule has 4 aromatic carbocycles. The number of morpholine rings is 1. The van der Waals surface area contributed by atoms with E-state index in [0.717, 1.165) is 138 Å². The summed E-state index contributed by atoms with van der Waals surface area (Å²) in [6.45, 7) is 16.9. The first-order valence-corrected chi connectivity index (χ1v) is 22.6. The molecule has 342 valence electrons. The lowest BCUT2D eigenvalue weighted by molar-refractivity contribution is 0.0378. The molecule has 0 unspecified atom stereocenters. The minimum absolute atomic E-state index is 0.243. The minimum atomic E-state index is -0.246. The summed E-state index contributed by atoms with van der Waals surface area (Å²) in [5.41, 5.74) is 15.8. The van der Waals surface area contributed by atoms with Gasteiger partial charge in [0.05, 0.1) is 59.1 Å². The Bertz CT molecular complexity index is 3010. The molecule has 16 heteroatoms. The zero-order valence-electron chi connectivity index (χ0n) is 38.8. The fraction of sp³-hybridized carbons (Fsp3) is 0.320. The molecule has 6 N–H and O–H groups in total. The van der Waals surface area contributed by atoms with Crippen molar-refractivity contribution in [1.29, 1.82) is 0 Å². The molecule has 1 aliphatic heterocycles. The Morgan fingerprint density at radius 3 is 1.50 bits per heavy atom. The van der Waals surface area contributed by atoms with Crippen LogP contribution in [0, 0.1) is 27.7 Å². The summed E-state index contributed by atoms with van der Waals surface area (Å²) in [6.07, 6.45) is 5.80. The quantitative estimate of drug-likeness (QED) is 0.0650. The van der Waals surface area contributed by atoms with Gasteiger partial charge in [0.25, 0.3) is 0 Å². The van der Waals surface area contributed by atoms with E-state index >= 15 is 0 Å². The maximum atomic E-state index is 11.7. The van der Waals surface area contributed by atoms with Crippen LogP contribution in [0.25, 0.3) is 55.9 Å². The van der Waals surface area contributed by atoms with E-state index in [9.17, 15) is 9.59 Å². The maximum absolute atomic E-state index is 11.7. The topological polar surface area (TPSA) is 179 Å². The number of hydrogen-bond acceptors (Lipinski definition) is 10. The molecule has 8 aromatic rings. The highest BCUT2D eigenvalue weighted by Gasteiger charge is 2.18. The lowest BCUT2D eigenvalue weighted by atomic mass is 10.1. The van der Waals surface area contributed by atoms with Gasteiger partial charge >= 0.3 is 12.1 Å². The van der Waals surface area contributed by atoms with E-state index in [4.69, 9.17) is 24.7 Å². The molecule has 0 radical (unpaired) electrons. The van der Waals surface area contributed by atoms with Crippen molar-refractivity contribution < 1.29 is 14.3 Å². The van der Waals surface area contributed by atoms with Gasteiger partial charge in [-0.05, 0) is 118 Å². The summed E-state index contributed by atoms with van der Waals surface area (Å²) in [5.74, 6) is 1.58. The van der Waals surface area contributed by atoms with Crippen LogP contribution in [0.1, 0.15) is 42.0 Å². The summed E-state index contributed by atoms with van der Waals surface area (Å²) in [6, 6.07) is 23.7. The third kappa shape index (κ3) is 9.84. The van der Waals surface area contributed by atoms with Crippen molar-refractivity contribution in [3.05, 3.63) is 107 Å². The molecule has 1 aliphatic rings. The molecule has 66 heavy (non-hydrogen) atoms. The Morgan fingerprint density at radius 2 is 1.06 bits per heavy atom. The molecule has 4 amide bonds. The molecule has 1 fully saturated rings. The number of carbonyl (C=O) groups excluding carboxylic acids is 2. The number of rotatable bonds is 12. The standard InChI is InChI=1S/C27H33N7O2.C23H26N6O/c1-18-15-22-23(16-19(18)2)34-24(20-5-7-21(8-6-20)31-27(35)28-3)17-30-26(34)25(32-22)29-9-4-10-33-11-13-36-14-12-33;1-5-10-25-21-22-26-13-20(16-6-8-17(9-7-16)27-23(30)24-4)29(22)19-12-15(3)14(2)11-18(19)28-21/h5-8,15-17H,4,9-14H2,1-3H3,(H,29,32)(H2,28,31,35);6-9,11-13H,5,10H2,1-4H3,(H,25,28)(H2,24,27,30). The number of carbonyl (C=O) groups is 2. The number of nitrogens with one attached hydrogen (secondary N) is 6. The van der Waals surface area contributed by atoms with E-state index in [2.05, 4.69) is 104 Å². The van der Waals surface area contributed by atoms with Crippen molar-refractivity contribution in [3.8, 4) is 22.5 Å². The maximum Gasteiger partial charge on any atom is 0.318 e. The van der Waals surface area contributed by atoms with Crippen molar-refractivity contribution in [2.75, 3.05) is 81.3 Å². The summed E-state index contributed by atoms with van der Waals surface area (Å²) in [7, 11) is 3.19. The number of hydrogen-bond donors (Lipinski definition) is 6. The molecule has 16 nitrogen and oxygen atoms in total. The van der Waals surface area contributed by atoms with Gasteiger partial charge in [-0.1, -0.05) is 31.2 Å². The van der Waals surface area contributed by atoms with Crippen LogP contribution < -0.4 is 31.9 Å². The first kappa shape index (κ1) is 45.3. The van der Waals surface area contributed by atoms with Crippen molar-refractivity contribution >= 4 is 68.4 Å². The highest BCUT2D eigenvalue weighted by atomic mass is 16.5. The lowest BCUT2D eigenvalue weighted by Crippen LogP contribution is -2.37. The first-order chi connectivity index (χ1) is 32.0. The van der Waals surface area contributed by atoms with Crippen molar-refractivity contribution in [2.24, 2.45) is 0 Å². The van der Waals surface area contributed by atoms with Crippen molar-refractivity contribution in [2.45, 2.75) is 47.5 Å². The number of amides is 4. The molecule has 0 saturated carbocycles. The second-order valence-electron chi connectivity index (χ2n) is 16.6. The van der Waals surface area contributed by atoms with Crippen molar-refractivity contribution in [3.63, 3.8) is 0 Å². The number of nitrogens with zero attached hydrogens (tertiary/aromatic N) is 7. The number of urea groups is 2. The van der Waals surface area contributed by atoms with Gasteiger partial charge < -0.3 is 36.6 Å². The fourth-order valence-electron chi connectivity index (χ4n) is 8.03. The predicted octanol–water partition coefficient (Wildman–Crippen LogP) is 8.79. The average Bonchev–Trinajstić information content (AvgIpc) is 3.99. The third-order valence-electron chi connectivity index (χ3n) is 12.0. The van der Waals surface area contributed by atoms with E-state index in [1.807, 2.05) is 60.9 Å². The zero-order chi connectivity index (χ0) is 46.3. The number of benzene rings is 4. The SMILES string of the molecule is CCCNc1nc2cc(C)c(C)cc2n2c(-c3ccc(NC(=O)NC)cc3)cnc12.CNC(=O)Nc1ccc(-c2cnc3c(NCCCN4CCOCC4)nc4cc(C)c(C)cc4n23)cc1. The summed E-state index contributed by atoms with van der Waals surface area (Å²) < 4.78 is 9.79. The molecule has 5 heterocycles. The molecular weight excluding hydrogens is 831 g/mol. The van der Waals surface area contributed by atoms with Crippen LogP contribution in [-0.2, 0) is 4.74 Å². The number of aryl methyl sites for hydroxylation is 4. The molecule has 0 atom stereocenters. The average molecular weight is 890 g/mol. The Hall–Kier alpha value is -7.30. The van der Waals surface area contributed by atoms with Gasteiger partial charge in [0.1, 0.15) is 0 Å². The minimum Gasteiger partial charge on any atom is -0.379 e. The van der Waals surface area contributed by atoms with Crippen LogP contribution in [0.4, 0.5) is 32.6 Å². The third-order valence-corrected chi connectivity index (χ3v) is 12.0. The van der Waals surface area contributed by atoms with E-state index in [-0.39, 0.29) is 12.1 Å². The Labute approximate surface area is 384 Å². The zero-order valence-corrected chi connectivity index (χ0v) is 38.8. The molecule has 1 saturated heterocycles. The Morgan fingerprint density at radius 1 is 0.621 bits per heavy atom. The van der Waals surface area contributed by atoms with E-state index in [1.165, 1.54) is 22.3 Å². The van der Waals surface area contributed by atoms with Gasteiger partial charge in [0.2, 0.25) is 0 Å². The molecule has 9 rings (SSSR count). The van der Waals surface area contributed by atoms with E-state index < -0.39 is 0 Å². The molecule has 0 spiro atoms. The number of aromatic nitrogens is 6. The molecule has 4 aromatic heterocycles. The predicted molar refractivity (Wildman–Crippen MR) is 266 cm³/mol. The largest absolute Gasteiger partial charge is 0.379 e. The smallest absolute Gasteiger partial charge is 0.318 e. The monoisotopic (exact) mass is 889 g/mol. The van der Waals surface area contributed by atoms with E-state index in [0.29, 0.717) is 0 Å². The second-order valence-corrected chi connectivity index (χ2v) is 16.6. The van der Waals surface area contributed by atoms with Crippen LogP contribution in [0.3, 0.4) is 0 Å². The van der Waals surface area contributed by atoms with Crippen LogP contribution in [0.5, 0.6) is 0 Å². The van der Waals surface area contributed by atoms with Crippen LogP contribution in [0.2, 0.25) is 0 Å². The van der Waals surface area contributed by atoms with Gasteiger partial charge in [-0.3, -0.25) is 13.7 Å². The van der Waals surface area contributed by atoms with Gasteiger partial charge in [-0.2, -0.15) is 0 Å². The summed E-state index contributed by atoms with van der Waals surface area (Å²) in [5, 5.41) is 17.7. The fourth-order valence-corrected chi connectivity index (χ4v) is 8.03. The molecular formula is C50H59N13O3. The Balaban J connectivity index is 0.000000182. The van der Waals surface area contributed by atoms with Gasteiger partial charge in [-0.15, -0.1) is 0 Å². The highest BCUT2D eigenvalue weighted by Crippen LogP contribution is 2.32. The molecule has 0 aliphatic carbocycles. The molecule has 0 bridgehead atoms. The summed E-state index contributed by atoms with van der Waals surface area (Å²) in [4.78, 5) is 44.9. The van der Waals surface area contributed by atoms with Gasteiger partial charge in [0, 0.05) is 62.8 Å². The second kappa shape index (κ2) is 20.3. The lowest BCUT2D eigenvalue weighted by Gasteiger charge is -2.26. The van der Waals surface area contributed by atoms with Crippen molar-refractivity contribution in [1.82, 2.24) is 44.3 Å². The number of fused-ring (bicyclic) bond motifs is 6. The number of ether oxygens (including phenoxy) is 1. The number of anilines is 4. The normalized spacial score (nSPS) is 12.8. The van der Waals surface area contributed by atoms with Crippen LogP contribution in [-0.4, -0.2) is 106 Å². The van der Waals surface area contributed by atoms with Gasteiger partial charge in [0.15, 0.2) is 22.9 Å². The van der Waals surface area contributed by atoms with Crippen LogP contribution >= 0.6 is 0 Å². The highest BCUT2D eigenvalue weighted by molar-refractivity contribution is 5.92. The summed E-state index contributed by atoms with van der Waals surface area (Å²) >= 11 is 0. The van der Waals surface area contributed by atoms with E-state index in [1.54, 1.807) is 14.1 Å². The first-order valence-electron chi connectivity index (χ1n) is 22.6. The Kier molecular flexibility index (Phi) is 13.9. The number of imidazole rings is 2. The van der Waals surface area contributed by atoms with Crippen LogP contribution in [0.15, 0.2) is 85.2 Å². The van der Waals surface area contributed by atoms with Gasteiger partial charge in [-0.25, -0.2) is 29.5 Å².